The Hall–Kier alpha value is -2.37. The fourth-order valence-corrected chi connectivity index (χ4v) is 1.06. The molecule has 15 heavy (non-hydrogen) atoms. The van der Waals surface area contributed by atoms with Crippen molar-refractivity contribution in [3.05, 3.63) is 36.2 Å². The van der Waals surface area contributed by atoms with Gasteiger partial charge in [-0.1, -0.05) is 17.2 Å². The van der Waals surface area contributed by atoms with Crippen LogP contribution < -0.4 is 10.5 Å². The molecular formula is C9H7N3O3. The molecule has 0 bridgehead atoms. The van der Waals surface area contributed by atoms with Gasteiger partial charge in [-0.15, -0.1) is 5.10 Å². The maximum absolute atomic E-state index is 11.0. The van der Waals surface area contributed by atoms with Gasteiger partial charge in [-0.2, -0.15) is 0 Å². The van der Waals surface area contributed by atoms with E-state index in [1.54, 1.807) is 24.3 Å². The van der Waals surface area contributed by atoms with Gasteiger partial charge in [-0.3, -0.25) is 4.79 Å². The number of carbonyl (C=O) groups excluding carboxylic acids is 1. The van der Waals surface area contributed by atoms with E-state index < -0.39 is 5.91 Å². The Morgan fingerprint density at radius 1 is 1.40 bits per heavy atom. The molecule has 0 saturated heterocycles. The molecule has 6 nitrogen and oxygen atoms in total. The summed E-state index contributed by atoms with van der Waals surface area (Å²) >= 11 is 0. The molecule has 0 aliphatic rings. The Labute approximate surface area is 84.7 Å². The zero-order chi connectivity index (χ0) is 10.7. The lowest BCUT2D eigenvalue weighted by molar-refractivity contribution is 0.0997. The summed E-state index contributed by atoms with van der Waals surface area (Å²) in [5.41, 5.74) is 5.42. The summed E-state index contributed by atoms with van der Waals surface area (Å²) in [5, 5.41) is 6.96. The highest BCUT2D eigenvalue weighted by atomic mass is 16.6. The molecule has 2 rings (SSSR count). The molecule has 0 radical (unpaired) electrons. The van der Waals surface area contributed by atoms with E-state index in [0.29, 0.717) is 0 Å². The van der Waals surface area contributed by atoms with Gasteiger partial charge in [0.15, 0.2) is 0 Å². The summed E-state index contributed by atoms with van der Waals surface area (Å²) in [6, 6.07) is 6.53. The third kappa shape index (κ3) is 1.93. The summed E-state index contributed by atoms with van der Waals surface area (Å²) in [5.74, 6) is -0.292. The van der Waals surface area contributed by atoms with Crippen molar-refractivity contribution in [1.29, 1.82) is 0 Å². The number of nitrogens with zero attached hydrogens (tertiary/aromatic N) is 2. The molecule has 1 amide bonds. The van der Waals surface area contributed by atoms with Crippen LogP contribution in [0.1, 0.15) is 10.4 Å². The summed E-state index contributed by atoms with van der Waals surface area (Å²) in [7, 11) is 0. The van der Waals surface area contributed by atoms with Gasteiger partial charge < -0.3 is 14.9 Å². The number of primary amides is 1. The SMILES string of the molecule is NC(=O)c1ccccc1Oc1nnco1. The zero-order valence-corrected chi connectivity index (χ0v) is 7.58. The minimum atomic E-state index is -0.579. The second-order valence-electron chi connectivity index (χ2n) is 2.67. The van der Waals surface area contributed by atoms with E-state index >= 15 is 0 Å². The van der Waals surface area contributed by atoms with Crippen molar-refractivity contribution >= 4 is 5.91 Å². The molecule has 0 fully saturated rings. The van der Waals surface area contributed by atoms with Crippen LogP contribution in [-0.4, -0.2) is 16.1 Å². The number of hydrogen-bond donors (Lipinski definition) is 1. The van der Waals surface area contributed by atoms with Crippen LogP contribution >= 0.6 is 0 Å². The molecule has 1 aromatic carbocycles. The maximum atomic E-state index is 11.0. The van der Waals surface area contributed by atoms with E-state index in [1.165, 1.54) is 0 Å². The third-order valence-electron chi connectivity index (χ3n) is 1.69. The Bertz CT molecular complexity index is 467. The normalized spacial score (nSPS) is 9.87. The number of benzene rings is 1. The van der Waals surface area contributed by atoms with E-state index in [2.05, 4.69) is 10.2 Å². The highest BCUT2D eigenvalue weighted by molar-refractivity contribution is 5.95. The van der Waals surface area contributed by atoms with E-state index in [1.807, 2.05) is 0 Å². The number of carbonyl (C=O) groups is 1. The zero-order valence-electron chi connectivity index (χ0n) is 7.58. The first-order chi connectivity index (χ1) is 7.27. The summed E-state index contributed by atoms with van der Waals surface area (Å²) in [4.78, 5) is 11.0. The number of hydrogen-bond acceptors (Lipinski definition) is 5. The third-order valence-corrected chi connectivity index (χ3v) is 1.69. The monoisotopic (exact) mass is 205 g/mol. The van der Waals surface area contributed by atoms with Gasteiger partial charge >= 0.3 is 6.08 Å². The van der Waals surface area contributed by atoms with Crippen LogP contribution in [0.15, 0.2) is 35.1 Å². The van der Waals surface area contributed by atoms with Crippen molar-refractivity contribution in [2.24, 2.45) is 5.73 Å². The molecule has 2 N–H and O–H groups in total. The molecule has 6 heteroatoms. The van der Waals surface area contributed by atoms with E-state index in [9.17, 15) is 4.79 Å². The van der Waals surface area contributed by atoms with Crippen LogP contribution in [0.2, 0.25) is 0 Å². The van der Waals surface area contributed by atoms with Crippen molar-refractivity contribution in [3.63, 3.8) is 0 Å². The predicted molar refractivity (Wildman–Crippen MR) is 49.3 cm³/mol. The molecule has 76 valence electrons. The fraction of sp³-hybridized carbons (Fsp3) is 0. The van der Waals surface area contributed by atoms with Crippen molar-refractivity contribution in [2.75, 3.05) is 0 Å². The van der Waals surface area contributed by atoms with Crippen molar-refractivity contribution in [2.45, 2.75) is 0 Å². The van der Waals surface area contributed by atoms with Gasteiger partial charge in [0.1, 0.15) is 5.75 Å². The largest absolute Gasteiger partial charge is 0.420 e. The molecule has 1 heterocycles. The van der Waals surface area contributed by atoms with Gasteiger partial charge in [0, 0.05) is 0 Å². The molecule has 0 aliphatic carbocycles. The number of ether oxygens (including phenoxy) is 1. The van der Waals surface area contributed by atoms with Gasteiger partial charge in [-0.25, -0.2) is 0 Å². The predicted octanol–water partition coefficient (Wildman–Crippen LogP) is 0.961. The standard InChI is InChI=1S/C9H7N3O3/c10-8(13)6-3-1-2-4-7(6)15-9-12-11-5-14-9/h1-5H,(H2,10,13). The summed E-state index contributed by atoms with van der Waals surface area (Å²) in [6.45, 7) is 0. The number of amides is 1. The number of aromatic nitrogens is 2. The molecule has 0 saturated carbocycles. The lowest BCUT2D eigenvalue weighted by Crippen LogP contribution is -2.11. The topological polar surface area (TPSA) is 91.2 Å². The van der Waals surface area contributed by atoms with Crippen molar-refractivity contribution < 1.29 is 13.9 Å². The molecular weight excluding hydrogens is 198 g/mol. The minimum absolute atomic E-state index is 0.0382. The highest BCUT2D eigenvalue weighted by Gasteiger charge is 2.11. The first kappa shape index (κ1) is 9.20. The first-order valence-electron chi connectivity index (χ1n) is 4.10. The van der Waals surface area contributed by atoms with Crippen molar-refractivity contribution in [1.82, 2.24) is 10.2 Å². The second-order valence-corrected chi connectivity index (χ2v) is 2.67. The fourth-order valence-electron chi connectivity index (χ4n) is 1.06. The first-order valence-corrected chi connectivity index (χ1v) is 4.10. The molecule has 1 aromatic heterocycles. The molecule has 0 aliphatic heterocycles. The average Bonchev–Trinajstić information content (AvgIpc) is 2.71. The Morgan fingerprint density at radius 2 is 2.20 bits per heavy atom. The van der Waals surface area contributed by atoms with Crippen molar-refractivity contribution in [3.8, 4) is 11.8 Å². The quantitative estimate of drug-likeness (QED) is 0.805. The smallest absolute Gasteiger partial charge is 0.409 e. The van der Waals surface area contributed by atoms with Crippen LogP contribution in [0.3, 0.4) is 0 Å². The number of rotatable bonds is 3. The van der Waals surface area contributed by atoms with Crippen LogP contribution in [0, 0.1) is 0 Å². The number of nitrogens with two attached hydrogens (primary N) is 1. The van der Waals surface area contributed by atoms with Crippen LogP contribution in [-0.2, 0) is 0 Å². The molecule has 0 unspecified atom stereocenters. The summed E-state index contributed by atoms with van der Waals surface area (Å²) < 4.78 is 9.95. The average molecular weight is 205 g/mol. The Balaban J connectivity index is 2.32. The van der Waals surface area contributed by atoms with Gasteiger partial charge in [0.05, 0.1) is 5.56 Å². The number of para-hydroxylation sites is 1. The van der Waals surface area contributed by atoms with E-state index in [-0.39, 0.29) is 17.4 Å². The summed E-state index contributed by atoms with van der Waals surface area (Å²) in [6.07, 6.45) is 1.09. The van der Waals surface area contributed by atoms with Gasteiger partial charge in [0.2, 0.25) is 6.39 Å². The minimum Gasteiger partial charge on any atom is -0.409 e. The van der Waals surface area contributed by atoms with Gasteiger partial charge in [-0.05, 0) is 12.1 Å². The second kappa shape index (κ2) is 3.79. The molecule has 0 spiro atoms. The van der Waals surface area contributed by atoms with Gasteiger partial charge in [0.25, 0.3) is 5.91 Å². The van der Waals surface area contributed by atoms with Crippen LogP contribution in [0.4, 0.5) is 0 Å². The Kier molecular flexibility index (Phi) is 2.32. The molecule has 2 aromatic rings. The highest BCUT2D eigenvalue weighted by Crippen LogP contribution is 2.22. The lowest BCUT2D eigenvalue weighted by Gasteiger charge is -2.03. The Morgan fingerprint density at radius 3 is 2.87 bits per heavy atom. The van der Waals surface area contributed by atoms with Crippen LogP contribution in [0.5, 0.6) is 11.8 Å². The van der Waals surface area contributed by atoms with E-state index in [4.69, 9.17) is 14.9 Å². The lowest BCUT2D eigenvalue weighted by atomic mass is 10.2. The van der Waals surface area contributed by atoms with Crippen LogP contribution in [0.25, 0.3) is 0 Å². The maximum Gasteiger partial charge on any atom is 0.420 e. The molecule has 0 atom stereocenters. The van der Waals surface area contributed by atoms with E-state index in [0.717, 1.165) is 6.39 Å².